The predicted molar refractivity (Wildman–Crippen MR) is 76.4 cm³/mol. The molecule has 0 aliphatic heterocycles. The lowest BCUT2D eigenvalue weighted by Crippen LogP contribution is -2.51. The van der Waals surface area contributed by atoms with E-state index in [-0.39, 0.29) is 5.22 Å². The first-order valence-electron chi connectivity index (χ1n) is 6.08. The molecule has 17 heavy (non-hydrogen) atoms. The van der Waals surface area contributed by atoms with E-state index in [0.29, 0.717) is 0 Å². The van der Waals surface area contributed by atoms with Gasteiger partial charge in [-0.05, 0) is 39.9 Å². The summed E-state index contributed by atoms with van der Waals surface area (Å²) >= 11 is 0. The maximum atomic E-state index is 5.91. The Hall–Kier alpha value is 0.491. The van der Waals surface area contributed by atoms with Crippen LogP contribution in [0.2, 0.25) is 13.1 Å². The molecule has 0 bridgehead atoms. The molecule has 0 heterocycles. The summed E-state index contributed by atoms with van der Waals surface area (Å²) < 4.78 is 11.5. The molecule has 0 aliphatic rings. The maximum Gasteiger partial charge on any atom is 0.248 e. The zero-order chi connectivity index (χ0) is 13.3. The van der Waals surface area contributed by atoms with Crippen molar-refractivity contribution < 1.29 is 8.95 Å². The molecule has 0 spiro atoms. The third-order valence-corrected chi connectivity index (χ3v) is 6.79. The highest BCUT2D eigenvalue weighted by Crippen LogP contribution is 2.13. The Balaban J connectivity index is 3.66. The van der Waals surface area contributed by atoms with Crippen LogP contribution in [-0.2, 0) is 8.95 Å². The van der Waals surface area contributed by atoms with Gasteiger partial charge in [0.25, 0.3) is 0 Å². The molecule has 0 fully saturated rings. The molecule has 0 saturated carbocycles. The molecule has 0 atom stereocenters. The van der Waals surface area contributed by atoms with E-state index < -0.39 is 17.6 Å². The van der Waals surface area contributed by atoms with Gasteiger partial charge < -0.3 is 14.3 Å². The van der Waals surface area contributed by atoms with Crippen LogP contribution in [0.25, 0.3) is 0 Å². The zero-order valence-corrected chi connectivity index (χ0v) is 14.6. The van der Waals surface area contributed by atoms with Gasteiger partial charge in [0.2, 0.25) is 17.6 Å². The van der Waals surface area contributed by atoms with Crippen molar-refractivity contribution in [3.63, 3.8) is 0 Å². The van der Waals surface area contributed by atoms with E-state index in [1.165, 1.54) is 0 Å². The van der Waals surface area contributed by atoms with Gasteiger partial charge in [-0.3, -0.25) is 0 Å². The first-order chi connectivity index (χ1) is 7.90. The van der Waals surface area contributed by atoms with Crippen molar-refractivity contribution in [1.29, 1.82) is 0 Å². The predicted octanol–water partition coefficient (Wildman–Crippen LogP) is 0.749. The molecule has 0 aromatic carbocycles. The van der Waals surface area contributed by atoms with Crippen LogP contribution in [0, 0.1) is 0 Å². The van der Waals surface area contributed by atoms with Gasteiger partial charge in [-0.1, -0.05) is 6.92 Å². The van der Waals surface area contributed by atoms with Crippen LogP contribution in [0.1, 0.15) is 27.2 Å². The number of nitrogens with one attached hydrogen (secondary N) is 2. The summed E-state index contributed by atoms with van der Waals surface area (Å²) in [6, 6.07) is 0. The van der Waals surface area contributed by atoms with E-state index in [1.54, 1.807) is 0 Å². The second-order valence-corrected chi connectivity index (χ2v) is 10.0. The minimum atomic E-state index is -1.18. The summed E-state index contributed by atoms with van der Waals surface area (Å²) in [5, 5.41) is 3.09. The first-order valence-corrected chi connectivity index (χ1v) is 11.4. The fraction of sp³-hybridized carbons (Fsp3) is 1.00. The van der Waals surface area contributed by atoms with Crippen LogP contribution in [0.5, 0.6) is 0 Å². The molecule has 7 heteroatoms. The first kappa shape index (κ1) is 17.5. The normalized spacial score (nSPS) is 12.7. The molecule has 5 radical (unpaired) electrons. The largest absolute Gasteiger partial charge is 0.413 e. The van der Waals surface area contributed by atoms with Crippen molar-refractivity contribution in [2.24, 2.45) is 0 Å². The number of hydrogen-bond acceptors (Lipinski definition) is 4. The van der Waals surface area contributed by atoms with Crippen LogP contribution in [-0.4, -0.2) is 52.2 Å². The second-order valence-electron chi connectivity index (χ2n) is 4.60. The monoisotopic (exact) mass is 289 g/mol. The lowest BCUT2D eigenvalue weighted by molar-refractivity contribution is 0.129. The molecule has 4 nitrogen and oxygen atoms in total. The quantitative estimate of drug-likeness (QED) is 0.354. The molecule has 0 unspecified atom stereocenters. The van der Waals surface area contributed by atoms with Gasteiger partial charge in [0.15, 0.2) is 0 Å². The molecule has 0 saturated heterocycles. The second kappa shape index (κ2) is 9.42. The molecule has 2 N–H and O–H groups in total. The van der Waals surface area contributed by atoms with Crippen molar-refractivity contribution >= 4 is 27.4 Å². The van der Waals surface area contributed by atoms with Crippen LogP contribution in [0.15, 0.2) is 0 Å². The van der Waals surface area contributed by atoms with E-state index in [2.05, 4.69) is 54.4 Å². The van der Waals surface area contributed by atoms with Crippen LogP contribution in [0.4, 0.5) is 0 Å². The Kier molecular flexibility index (Phi) is 9.70. The third-order valence-electron chi connectivity index (χ3n) is 2.01. The van der Waals surface area contributed by atoms with Crippen molar-refractivity contribution in [1.82, 2.24) is 10.8 Å². The van der Waals surface area contributed by atoms with Gasteiger partial charge in [0, 0.05) is 13.1 Å². The van der Waals surface area contributed by atoms with E-state index >= 15 is 0 Å². The van der Waals surface area contributed by atoms with Crippen molar-refractivity contribution in [2.75, 3.05) is 19.6 Å². The van der Waals surface area contributed by atoms with Gasteiger partial charge in [0.05, 0.1) is 15.0 Å². The highest BCUT2D eigenvalue weighted by molar-refractivity contribution is 7.01. The Morgan fingerprint density at radius 2 is 1.82 bits per heavy atom. The summed E-state index contributed by atoms with van der Waals surface area (Å²) in [5.41, 5.74) is 2.99. The molecule has 0 aliphatic carbocycles. The van der Waals surface area contributed by atoms with Gasteiger partial charge in [-0.15, -0.1) is 0 Å². The van der Waals surface area contributed by atoms with Gasteiger partial charge in [-0.25, -0.2) is 5.48 Å². The molecule has 0 aromatic rings. The summed E-state index contributed by atoms with van der Waals surface area (Å²) in [5.74, 6) is 0. The molecule has 0 aromatic heterocycles. The minimum absolute atomic E-state index is 0.219. The highest BCUT2D eigenvalue weighted by Gasteiger charge is 2.31. The summed E-state index contributed by atoms with van der Waals surface area (Å²) in [4.78, 5) is 0. The average Bonchev–Trinajstić information content (AvgIpc) is 2.21. The fourth-order valence-electron chi connectivity index (χ4n) is 1.24. The minimum Gasteiger partial charge on any atom is -0.413 e. The molecule has 0 rings (SSSR count). The molecular weight excluding hydrogens is 264 g/mol. The Bertz CT molecular complexity index is 194. The topological polar surface area (TPSA) is 42.5 Å². The van der Waals surface area contributed by atoms with Crippen molar-refractivity contribution in [2.45, 2.75) is 45.5 Å². The third kappa shape index (κ3) is 9.12. The van der Waals surface area contributed by atoms with E-state index in [1.807, 2.05) is 0 Å². The Labute approximate surface area is 112 Å². The number of hydroxylamine groups is 1. The fourth-order valence-corrected chi connectivity index (χ4v) is 4.42. The van der Waals surface area contributed by atoms with Gasteiger partial charge in [0.1, 0.15) is 0 Å². The SMILES string of the molecule is CCCNCCNO[Si]([Si])C(C)(C)O[Si](C)C. The smallest absolute Gasteiger partial charge is 0.248 e. The zero-order valence-electron chi connectivity index (χ0n) is 11.6. The van der Waals surface area contributed by atoms with E-state index in [9.17, 15) is 0 Å². The number of hydrogen-bond donors (Lipinski definition) is 2. The van der Waals surface area contributed by atoms with E-state index in [0.717, 1.165) is 26.1 Å². The highest BCUT2D eigenvalue weighted by atomic mass is 29.2. The standard InChI is InChI=1S/C10H25N2O2Si3/c1-6-7-11-8-9-12-14-17(15)10(2,3)13-16(4)5/h11-12H,6-9H2,1-5H3. The summed E-state index contributed by atoms with van der Waals surface area (Å²) in [6.07, 6.45) is 1.16. The van der Waals surface area contributed by atoms with Crippen molar-refractivity contribution in [3.05, 3.63) is 0 Å². The van der Waals surface area contributed by atoms with Crippen LogP contribution in [0.3, 0.4) is 0 Å². The molecule has 0 amide bonds. The van der Waals surface area contributed by atoms with Crippen LogP contribution < -0.4 is 10.8 Å². The lowest BCUT2D eigenvalue weighted by Gasteiger charge is -2.31. The van der Waals surface area contributed by atoms with Crippen molar-refractivity contribution in [3.8, 4) is 0 Å². The maximum absolute atomic E-state index is 5.91. The average molecular weight is 290 g/mol. The summed E-state index contributed by atoms with van der Waals surface area (Å²) in [6.45, 7) is 13.4. The summed E-state index contributed by atoms with van der Waals surface area (Å²) in [7, 11) is 1.77. The van der Waals surface area contributed by atoms with Gasteiger partial charge in [-0.2, -0.15) is 0 Å². The van der Waals surface area contributed by atoms with Crippen LogP contribution >= 0.6 is 0 Å². The van der Waals surface area contributed by atoms with Gasteiger partial charge >= 0.3 is 0 Å². The Morgan fingerprint density at radius 1 is 1.18 bits per heavy atom. The Morgan fingerprint density at radius 3 is 2.35 bits per heavy atom. The lowest BCUT2D eigenvalue weighted by atomic mass is 10.5. The van der Waals surface area contributed by atoms with E-state index in [4.69, 9.17) is 8.95 Å². The number of rotatable bonds is 10. The molecule has 99 valence electrons. The molecular formula is C10H25N2O2Si3.